The molecule has 1 aromatic carbocycles. The molecule has 0 radical (unpaired) electrons. The molecule has 1 aliphatic heterocycles. The lowest BCUT2D eigenvalue weighted by atomic mass is 10.1. The first kappa shape index (κ1) is 13.7. The van der Waals surface area contributed by atoms with Crippen LogP contribution in [-0.2, 0) is 11.2 Å². The van der Waals surface area contributed by atoms with Gasteiger partial charge in [0.2, 0.25) is 0 Å². The van der Waals surface area contributed by atoms with E-state index in [0.717, 1.165) is 18.6 Å². The molecule has 2 aromatic rings. The highest BCUT2D eigenvalue weighted by Crippen LogP contribution is 2.39. The Balaban J connectivity index is 1.39. The third-order valence-corrected chi connectivity index (χ3v) is 4.27. The van der Waals surface area contributed by atoms with Crippen molar-refractivity contribution < 1.29 is 13.7 Å². The van der Waals surface area contributed by atoms with E-state index in [0.29, 0.717) is 24.2 Å². The van der Waals surface area contributed by atoms with Gasteiger partial charge in [-0.2, -0.15) is 4.98 Å². The zero-order chi connectivity index (χ0) is 14.9. The fourth-order valence-corrected chi connectivity index (χ4v) is 2.98. The van der Waals surface area contributed by atoms with Gasteiger partial charge < -0.3 is 14.6 Å². The van der Waals surface area contributed by atoms with Crippen LogP contribution in [0.4, 0.5) is 10.4 Å². The van der Waals surface area contributed by atoms with Crippen molar-refractivity contribution in [3.05, 3.63) is 41.5 Å². The van der Waals surface area contributed by atoms with E-state index >= 15 is 0 Å². The summed E-state index contributed by atoms with van der Waals surface area (Å²) >= 11 is 0. The first-order valence-electron chi connectivity index (χ1n) is 7.73. The summed E-state index contributed by atoms with van der Waals surface area (Å²) in [6.45, 7) is 0.787. The summed E-state index contributed by atoms with van der Waals surface area (Å²) in [6, 6.07) is 7.03. The zero-order valence-corrected chi connectivity index (χ0v) is 12.2. The van der Waals surface area contributed by atoms with E-state index < -0.39 is 0 Å². The quantitative estimate of drug-likeness (QED) is 0.920. The summed E-state index contributed by atoms with van der Waals surface area (Å²) in [5, 5.41) is 7.28. The third-order valence-electron chi connectivity index (χ3n) is 4.27. The van der Waals surface area contributed by atoms with Gasteiger partial charge >= 0.3 is 6.01 Å². The van der Waals surface area contributed by atoms with E-state index in [2.05, 4.69) is 15.5 Å². The lowest BCUT2D eigenvalue weighted by molar-refractivity contribution is 0.0894. The Morgan fingerprint density at radius 1 is 1.18 bits per heavy atom. The van der Waals surface area contributed by atoms with Crippen LogP contribution in [0.25, 0.3) is 0 Å². The molecule has 1 saturated carbocycles. The molecule has 2 atom stereocenters. The van der Waals surface area contributed by atoms with Crippen LogP contribution in [-0.4, -0.2) is 28.9 Å². The summed E-state index contributed by atoms with van der Waals surface area (Å²) in [6.07, 6.45) is 4.27. The van der Waals surface area contributed by atoms with Gasteiger partial charge in [0.25, 0.3) is 0 Å². The molecule has 1 saturated heterocycles. The molecule has 6 heteroatoms. The molecule has 0 bridgehead atoms. The minimum absolute atomic E-state index is 0.244. The van der Waals surface area contributed by atoms with Crippen LogP contribution in [0.1, 0.15) is 30.7 Å². The van der Waals surface area contributed by atoms with Crippen LogP contribution in [0, 0.1) is 11.7 Å². The molecule has 0 unspecified atom stereocenters. The molecule has 1 N–H and O–H groups in total. The number of anilines is 1. The number of benzene rings is 1. The van der Waals surface area contributed by atoms with Crippen molar-refractivity contribution in [3.63, 3.8) is 0 Å². The van der Waals surface area contributed by atoms with Crippen molar-refractivity contribution in [3.8, 4) is 0 Å². The van der Waals surface area contributed by atoms with Crippen molar-refractivity contribution in [2.24, 2.45) is 5.92 Å². The van der Waals surface area contributed by atoms with Crippen LogP contribution in [0.2, 0.25) is 0 Å². The predicted molar refractivity (Wildman–Crippen MR) is 78.0 cm³/mol. The molecule has 5 nitrogen and oxygen atoms in total. The van der Waals surface area contributed by atoms with Gasteiger partial charge in [-0.25, -0.2) is 4.39 Å². The van der Waals surface area contributed by atoms with Gasteiger partial charge in [-0.3, -0.25) is 0 Å². The highest BCUT2D eigenvalue weighted by molar-refractivity contribution is 5.25. The van der Waals surface area contributed by atoms with Crippen molar-refractivity contribution in [1.82, 2.24) is 10.1 Å². The number of rotatable bonds is 5. The molecule has 22 heavy (non-hydrogen) atoms. The van der Waals surface area contributed by atoms with E-state index in [9.17, 15) is 4.39 Å². The van der Waals surface area contributed by atoms with Crippen molar-refractivity contribution in [2.75, 3.05) is 11.9 Å². The van der Waals surface area contributed by atoms with Crippen molar-refractivity contribution in [1.29, 1.82) is 0 Å². The highest BCUT2D eigenvalue weighted by atomic mass is 19.1. The SMILES string of the molecule is Fc1ccc(Cc2noc(N[C@H]3CCO[C@H]3C3CC3)n2)cc1. The fourth-order valence-electron chi connectivity index (χ4n) is 2.98. The number of hydrogen-bond acceptors (Lipinski definition) is 5. The molecule has 4 rings (SSSR count). The molecule has 2 heterocycles. The minimum Gasteiger partial charge on any atom is -0.376 e. The van der Waals surface area contributed by atoms with E-state index in [-0.39, 0.29) is 18.0 Å². The Labute approximate surface area is 127 Å². The zero-order valence-electron chi connectivity index (χ0n) is 12.2. The molecule has 1 aliphatic carbocycles. The fraction of sp³-hybridized carbons (Fsp3) is 0.500. The third kappa shape index (κ3) is 2.97. The summed E-state index contributed by atoms with van der Waals surface area (Å²) in [7, 11) is 0. The molecular weight excluding hydrogens is 285 g/mol. The van der Waals surface area contributed by atoms with E-state index in [4.69, 9.17) is 9.26 Å². The number of aromatic nitrogens is 2. The van der Waals surface area contributed by atoms with E-state index in [1.54, 1.807) is 12.1 Å². The number of ether oxygens (including phenoxy) is 1. The van der Waals surface area contributed by atoms with Crippen LogP contribution >= 0.6 is 0 Å². The Bertz CT molecular complexity index is 639. The summed E-state index contributed by atoms with van der Waals surface area (Å²) < 4.78 is 23.9. The topological polar surface area (TPSA) is 60.2 Å². The predicted octanol–water partition coefficient (Wildman–Crippen LogP) is 2.78. The molecule has 2 aliphatic rings. The van der Waals surface area contributed by atoms with E-state index in [1.165, 1.54) is 25.0 Å². The Morgan fingerprint density at radius 2 is 2.00 bits per heavy atom. The number of halogens is 1. The maximum Gasteiger partial charge on any atom is 0.321 e. The summed E-state index contributed by atoms with van der Waals surface area (Å²) in [4.78, 5) is 4.37. The smallest absolute Gasteiger partial charge is 0.321 e. The van der Waals surface area contributed by atoms with Gasteiger partial charge in [0.15, 0.2) is 5.82 Å². The van der Waals surface area contributed by atoms with Gasteiger partial charge in [-0.1, -0.05) is 17.3 Å². The molecule has 0 amide bonds. The second-order valence-electron chi connectivity index (χ2n) is 6.03. The maximum atomic E-state index is 12.9. The molecule has 116 valence electrons. The number of hydrogen-bond donors (Lipinski definition) is 1. The Morgan fingerprint density at radius 3 is 2.77 bits per heavy atom. The van der Waals surface area contributed by atoms with Crippen LogP contribution in [0.5, 0.6) is 0 Å². The van der Waals surface area contributed by atoms with Gasteiger partial charge in [-0.15, -0.1) is 0 Å². The monoisotopic (exact) mass is 303 g/mol. The maximum absolute atomic E-state index is 12.9. The van der Waals surface area contributed by atoms with Crippen LogP contribution in [0.3, 0.4) is 0 Å². The first-order valence-corrected chi connectivity index (χ1v) is 7.73. The Hall–Kier alpha value is -1.95. The molecule has 2 fully saturated rings. The summed E-state index contributed by atoms with van der Waals surface area (Å²) in [5.41, 5.74) is 0.953. The number of nitrogens with one attached hydrogen (secondary N) is 1. The lowest BCUT2D eigenvalue weighted by Crippen LogP contribution is -2.31. The van der Waals surface area contributed by atoms with E-state index in [1.807, 2.05) is 0 Å². The van der Waals surface area contributed by atoms with Gasteiger partial charge in [-0.05, 0) is 42.9 Å². The standard InChI is InChI=1S/C16H18FN3O2/c17-12-5-1-10(2-6-12)9-14-19-16(22-20-14)18-13-7-8-21-15(13)11-3-4-11/h1-2,5-6,11,13,15H,3-4,7-9H2,(H,18,19,20)/t13-,15-/m0/s1. The highest BCUT2D eigenvalue weighted by Gasteiger charge is 2.41. The minimum atomic E-state index is -0.244. The normalized spacial score (nSPS) is 24.6. The lowest BCUT2D eigenvalue weighted by Gasteiger charge is -2.17. The van der Waals surface area contributed by atoms with Crippen molar-refractivity contribution in [2.45, 2.75) is 37.8 Å². The average molecular weight is 303 g/mol. The number of nitrogens with zero attached hydrogens (tertiary/aromatic N) is 2. The second kappa shape index (κ2) is 5.68. The van der Waals surface area contributed by atoms with Crippen molar-refractivity contribution >= 4 is 6.01 Å². The van der Waals surface area contributed by atoms with Gasteiger partial charge in [0.05, 0.1) is 12.1 Å². The van der Waals surface area contributed by atoms with Crippen LogP contribution < -0.4 is 5.32 Å². The van der Waals surface area contributed by atoms with Gasteiger partial charge in [0, 0.05) is 13.0 Å². The van der Waals surface area contributed by atoms with Crippen LogP contribution in [0.15, 0.2) is 28.8 Å². The van der Waals surface area contributed by atoms with Gasteiger partial charge in [0.1, 0.15) is 5.82 Å². The Kier molecular flexibility index (Phi) is 3.54. The average Bonchev–Trinajstić information content (AvgIpc) is 3.10. The second-order valence-corrected chi connectivity index (χ2v) is 6.03. The molecular formula is C16H18FN3O2. The largest absolute Gasteiger partial charge is 0.376 e. The molecule has 1 aromatic heterocycles. The first-order chi connectivity index (χ1) is 10.8. The summed E-state index contributed by atoms with van der Waals surface area (Å²) in [5.74, 6) is 1.03. The molecule has 0 spiro atoms.